The van der Waals surface area contributed by atoms with E-state index in [0.29, 0.717) is 12.8 Å². The fraction of sp³-hybridized carbons (Fsp3) is 0.500. The van der Waals surface area contributed by atoms with E-state index >= 15 is 0 Å². The van der Waals surface area contributed by atoms with Gasteiger partial charge in [0.2, 0.25) is 11.8 Å². The first-order valence-corrected chi connectivity index (χ1v) is 7.43. The number of hydrogen-bond acceptors (Lipinski definition) is 4. The molecule has 112 valence electrons. The van der Waals surface area contributed by atoms with Gasteiger partial charge in [0.25, 0.3) is 0 Å². The number of amides is 2. The number of nitrogens with zero attached hydrogens (tertiary/aromatic N) is 1. The summed E-state index contributed by atoms with van der Waals surface area (Å²) in [5.74, 6) is 0.791. The van der Waals surface area contributed by atoms with E-state index in [1.165, 1.54) is 16.0 Å². The van der Waals surface area contributed by atoms with Crippen molar-refractivity contribution in [2.45, 2.75) is 31.7 Å². The molecule has 0 bridgehead atoms. The number of likely N-dealkylation sites (tertiary alicyclic amines) is 1. The van der Waals surface area contributed by atoms with E-state index in [9.17, 15) is 9.59 Å². The van der Waals surface area contributed by atoms with Crippen LogP contribution in [0.4, 0.5) is 0 Å². The number of likely N-dealkylation sites (N-methyl/N-ethyl adjacent to an activating group) is 1. The van der Waals surface area contributed by atoms with Gasteiger partial charge < -0.3 is 10.1 Å². The highest BCUT2D eigenvalue weighted by molar-refractivity contribution is 6.00. The van der Waals surface area contributed by atoms with Gasteiger partial charge in [0.1, 0.15) is 5.75 Å². The summed E-state index contributed by atoms with van der Waals surface area (Å²) >= 11 is 0. The lowest BCUT2D eigenvalue weighted by molar-refractivity contribution is -0.148. The number of carbonyl (C=O) groups excluding carboxylic acids is 2. The van der Waals surface area contributed by atoms with Crippen molar-refractivity contribution >= 4 is 11.8 Å². The molecule has 0 radical (unpaired) electrons. The molecule has 5 heteroatoms. The first-order valence-electron chi connectivity index (χ1n) is 7.43. The van der Waals surface area contributed by atoms with Crippen molar-refractivity contribution < 1.29 is 14.3 Å². The zero-order valence-corrected chi connectivity index (χ0v) is 12.2. The van der Waals surface area contributed by atoms with E-state index in [0.717, 1.165) is 31.7 Å². The molecule has 1 atom stereocenters. The predicted molar refractivity (Wildman–Crippen MR) is 78.1 cm³/mol. The van der Waals surface area contributed by atoms with Crippen molar-refractivity contribution in [3.8, 4) is 5.75 Å². The molecule has 3 rings (SSSR count). The highest BCUT2D eigenvalue weighted by Gasteiger charge is 2.30. The Morgan fingerprint density at radius 2 is 2.19 bits per heavy atom. The molecule has 5 nitrogen and oxygen atoms in total. The molecule has 2 amide bonds. The molecule has 1 fully saturated rings. The normalized spacial score (nSPS) is 21.4. The average molecular weight is 288 g/mol. The summed E-state index contributed by atoms with van der Waals surface area (Å²) in [4.78, 5) is 24.6. The average Bonchev–Trinajstić information content (AvgIpc) is 2.95. The second-order valence-electron chi connectivity index (χ2n) is 5.63. The van der Waals surface area contributed by atoms with Crippen LogP contribution in [0.15, 0.2) is 18.2 Å². The van der Waals surface area contributed by atoms with Gasteiger partial charge in [-0.2, -0.15) is 0 Å². The first-order chi connectivity index (χ1) is 10.1. The molecule has 1 saturated heterocycles. The van der Waals surface area contributed by atoms with E-state index in [4.69, 9.17) is 4.74 Å². The molecule has 2 aliphatic heterocycles. The number of benzene rings is 1. The van der Waals surface area contributed by atoms with Crippen molar-refractivity contribution in [3.05, 3.63) is 29.3 Å². The Morgan fingerprint density at radius 1 is 1.33 bits per heavy atom. The summed E-state index contributed by atoms with van der Waals surface area (Å²) in [6.45, 7) is 1.51. The molecule has 1 aromatic carbocycles. The van der Waals surface area contributed by atoms with Gasteiger partial charge in [-0.15, -0.1) is 0 Å². The molecule has 2 heterocycles. The molecule has 0 spiro atoms. The van der Waals surface area contributed by atoms with Crippen molar-refractivity contribution in [2.75, 3.05) is 20.2 Å². The van der Waals surface area contributed by atoms with Crippen molar-refractivity contribution in [1.29, 1.82) is 0 Å². The van der Waals surface area contributed by atoms with Gasteiger partial charge in [-0.05, 0) is 36.6 Å². The van der Waals surface area contributed by atoms with Crippen LogP contribution in [0.2, 0.25) is 0 Å². The Kier molecular flexibility index (Phi) is 3.92. The number of ether oxygens (including phenoxy) is 1. The number of nitrogens with one attached hydrogen (secondary N) is 1. The van der Waals surface area contributed by atoms with Crippen LogP contribution >= 0.6 is 0 Å². The lowest BCUT2D eigenvalue weighted by Gasteiger charge is -2.28. The Morgan fingerprint density at radius 3 is 3.05 bits per heavy atom. The zero-order chi connectivity index (χ0) is 14.8. The Labute approximate surface area is 124 Å². The van der Waals surface area contributed by atoms with E-state index in [1.54, 1.807) is 7.05 Å². The van der Waals surface area contributed by atoms with E-state index in [1.807, 2.05) is 6.07 Å². The van der Waals surface area contributed by atoms with E-state index < -0.39 is 0 Å². The summed E-state index contributed by atoms with van der Waals surface area (Å²) in [5, 5.41) is 3.26. The third kappa shape index (κ3) is 2.93. The number of fused-ring (bicyclic) bond motifs is 1. The Hall–Kier alpha value is -1.88. The van der Waals surface area contributed by atoms with Crippen LogP contribution in [0, 0.1) is 0 Å². The molecule has 0 aliphatic carbocycles. The Balaban J connectivity index is 1.52. The fourth-order valence-electron chi connectivity index (χ4n) is 2.89. The quantitative estimate of drug-likeness (QED) is 0.836. The number of rotatable bonds is 4. The number of carbonyl (C=O) groups is 2. The zero-order valence-electron chi connectivity index (χ0n) is 12.2. The summed E-state index contributed by atoms with van der Waals surface area (Å²) in [6, 6.07) is 6.05. The summed E-state index contributed by atoms with van der Waals surface area (Å²) in [5.41, 5.74) is 2.52. The number of imide groups is 1. The topological polar surface area (TPSA) is 58.6 Å². The monoisotopic (exact) mass is 288 g/mol. The smallest absolute Gasteiger partial charge is 0.246 e. The Bertz CT molecular complexity index is 571. The third-order valence-electron chi connectivity index (χ3n) is 4.21. The van der Waals surface area contributed by atoms with Gasteiger partial charge >= 0.3 is 0 Å². The van der Waals surface area contributed by atoms with Crippen LogP contribution < -0.4 is 10.1 Å². The third-order valence-corrected chi connectivity index (χ3v) is 4.21. The minimum atomic E-state index is -0.231. The molecule has 0 aromatic heterocycles. The van der Waals surface area contributed by atoms with Crippen LogP contribution in [0.3, 0.4) is 0 Å². The molecular weight excluding hydrogens is 268 g/mol. The summed E-state index contributed by atoms with van der Waals surface area (Å²) < 4.78 is 5.49. The van der Waals surface area contributed by atoms with Gasteiger partial charge in [-0.3, -0.25) is 14.5 Å². The van der Waals surface area contributed by atoms with Gasteiger partial charge in [-0.25, -0.2) is 0 Å². The number of hydrogen-bond donors (Lipinski definition) is 1. The molecule has 2 aliphatic rings. The lowest BCUT2D eigenvalue weighted by atomic mass is 10.0. The van der Waals surface area contributed by atoms with E-state index in [-0.39, 0.29) is 17.9 Å². The highest BCUT2D eigenvalue weighted by atomic mass is 16.5. The highest BCUT2D eigenvalue weighted by Crippen LogP contribution is 2.25. The standard InChI is InChI=1S/C16H20N2O3/c1-18-15(19)5-3-13(16(18)20)17-8-6-11-2-4-14-12(10-11)7-9-21-14/h2,4,10,13,17H,3,5-9H2,1H3. The molecule has 1 aromatic rings. The summed E-state index contributed by atoms with van der Waals surface area (Å²) in [7, 11) is 1.55. The fourth-order valence-corrected chi connectivity index (χ4v) is 2.89. The molecular formula is C16H20N2O3. The van der Waals surface area contributed by atoms with Crippen molar-refractivity contribution in [1.82, 2.24) is 10.2 Å². The SMILES string of the molecule is CN1C(=O)CCC(NCCc2ccc3c(c2)CCO3)C1=O. The second kappa shape index (κ2) is 5.85. The molecule has 1 unspecified atom stereocenters. The van der Waals surface area contributed by atoms with Crippen LogP contribution in [0.1, 0.15) is 24.0 Å². The minimum absolute atomic E-state index is 0.0864. The van der Waals surface area contributed by atoms with Crippen LogP contribution in [-0.4, -0.2) is 43.0 Å². The lowest BCUT2D eigenvalue weighted by Crippen LogP contribution is -2.51. The van der Waals surface area contributed by atoms with Gasteiger partial charge in [0.05, 0.1) is 12.6 Å². The second-order valence-corrected chi connectivity index (χ2v) is 5.63. The van der Waals surface area contributed by atoms with Crippen molar-refractivity contribution in [3.63, 3.8) is 0 Å². The predicted octanol–water partition coefficient (Wildman–Crippen LogP) is 0.901. The van der Waals surface area contributed by atoms with Crippen LogP contribution in [0.25, 0.3) is 0 Å². The summed E-state index contributed by atoms with van der Waals surface area (Å²) in [6.07, 6.45) is 2.88. The maximum Gasteiger partial charge on any atom is 0.246 e. The van der Waals surface area contributed by atoms with Gasteiger partial charge in [-0.1, -0.05) is 12.1 Å². The maximum absolute atomic E-state index is 12.0. The minimum Gasteiger partial charge on any atom is -0.493 e. The van der Waals surface area contributed by atoms with Gasteiger partial charge in [0, 0.05) is 19.9 Å². The van der Waals surface area contributed by atoms with Crippen LogP contribution in [-0.2, 0) is 22.4 Å². The molecule has 0 saturated carbocycles. The molecule has 1 N–H and O–H groups in total. The van der Waals surface area contributed by atoms with Crippen LogP contribution in [0.5, 0.6) is 5.75 Å². The maximum atomic E-state index is 12.0. The van der Waals surface area contributed by atoms with Gasteiger partial charge in [0.15, 0.2) is 0 Å². The van der Waals surface area contributed by atoms with E-state index in [2.05, 4.69) is 17.4 Å². The van der Waals surface area contributed by atoms with Crippen molar-refractivity contribution in [2.24, 2.45) is 0 Å². The largest absolute Gasteiger partial charge is 0.493 e. The molecule has 21 heavy (non-hydrogen) atoms. The first kappa shape index (κ1) is 14.1. The number of piperidine rings is 1.